The van der Waals surface area contributed by atoms with Crippen LogP contribution in [-0.4, -0.2) is 47.1 Å². The van der Waals surface area contributed by atoms with Crippen molar-refractivity contribution < 1.29 is 23.8 Å². The Hall–Kier alpha value is -2.62. The Balaban J connectivity index is 2.40. The maximum Gasteiger partial charge on any atom is 0.347 e. The molecule has 0 saturated carbocycles. The first-order valence-corrected chi connectivity index (χ1v) is 8.10. The number of rotatable bonds is 7. The number of primary amides is 1. The fourth-order valence-electron chi connectivity index (χ4n) is 2.06. The zero-order chi connectivity index (χ0) is 18.6. The van der Waals surface area contributed by atoms with E-state index in [1.807, 2.05) is 0 Å². The molecule has 1 aromatic carbocycles. The van der Waals surface area contributed by atoms with Gasteiger partial charge in [-0.3, -0.25) is 4.79 Å². The van der Waals surface area contributed by atoms with Gasteiger partial charge in [0.2, 0.25) is 0 Å². The van der Waals surface area contributed by atoms with Crippen LogP contribution >= 0.6 is 15.9 Å². The molecule has 0 fully saturated rings. The van der Waals surface area contributed by atoms with Gasteiger partial charge >= 0.3 is 5.97 Å². The van der Waals surface area contributed by atoms with E-state index in [4.69, 9.17) is 19.9 Å². The summed E-state index contributed by atoms with van der Waals surface area (Å²) in [5.74, 6) is -0.557. The molecule has 10 heteroatoms. The van der Waals surface area contributed by atoms with Gasteiger partial charge in [-0.1, -0.05) is 0 Å². The number of H-pyrrole nitrogens is 1. The SMILES string of the molecule is CCOC(=O)C(C)Oc1c(Br)cc(-c2n[nH]nc2C(N)=O)cc1OC. The van der Waals surface area contributed by atoms with Crippen LogP contribution in [0.5, 0.6) is 11.5 Å². The highest BCUT2D eigenvalue weighted by Gasteiger charge is 2.23. The Kier molecular flexibility index (Phi) is 5.97. The lowest BCUT2D eigenvalue weighted by atomic mass is 10.1. The van der Waals surface area contributed by atoms with Crippen LogP contribution in [0.2, 0.25) is 0 Å². The fourth-order valence-corrected chi connectivity index (χ4v) is 2.59. The molecule has 0 saturated heterocycles. The predicted molar refractivity (Wildman–Crippen MR) is 91.3 cm³/mol. The summed E-state index contributed by atoms with van der Waals surface area (Å²) in [5, 5.41) is 10.0. The van der Waals surface area contributed by atoms with Crippen molar-refractivity contribution in [3.63, 3.8) is 0 Å². The summed E-state index contributed by atoms with van der Waals surface area (Å²) in [4.78, 5) is 23.2. The summed E-state index contributed by atoms with van der Waals surface area (Å²) in [6, 6.07) is 3.25. The number of aromatic amines is 1. The van der Waals surface area contributed by atoms with E-state index in [1.165, 1.54) is 7.11 Å². The van der Waals surface area contributed by atoms with Crippen LogP contribution in [0.15, 0.2) is 16.6 Å². The monoisotopic (exact) mass is 412 g/mol. The topological polar surface area (TPSA) is 129 Å². The van der Waals surface area contributed by atoms with Crippen LogP contribution in [-0.2, 0) is 9.53 Å². The van der Waals surface area contributed by atoms with E-state index in [2.05, 4.69) is 31.3 Å². The Morgan fingerprint density at radius 3 is 2.68 bits per heavy atom. The van der Waals surface area contributed by atoms with E-state index in [9.17, 15) is 9.59 Å². The molecule has 0 radical (unpaired) electrons. The molecule has 134 valence electrons. The summed E-state index contributed by atoms with van der Waals surface area (Å²) in [5.41, 5.74) is 6.09. The molecule has 0 aliphatic heterocycles. The van der Waals surface area contributed by atoms with Crippen LogP contribution in [0, 0.1) is 0 Å². The van der Waals surface area contributed by atoms with E-state index in [0.29, 0.717) is 21.5 Å². The third kappa shape index (κ3) is 4.08. The number of hydrogen-bond acceptors (Lipinski definition) is 7. The van der Waals surface area contributed by atoms with Gasteiger partial charge in [-0.2, -0.15) is 15.4 Å². The molecule has 1 heterocycles. The average Bonchev–Trinajstić information content (AvgIpc) is 3.06. The van der Waals surface area contributed by atoms with E-state index in [-0.39, 0.29) is 18.0 Å². The lowest BCUT2D eigenvalue weighted by molar-refractivity contribution is -0.150. The average molecular weight is 413 g/mol. The number of halogens is 1. The number of hydrogen-bond donors (Lipinski definition) is 2. The Labute approximate surface area is 151 Å². The predicted octanol–water partition coefficient (Wildman–Crippen LogP) is 1.67. The van der Waals surface area contributed by atoms with Crippen LogP contribution in [0.4, 0.5) is 0 Å². The highest BCUT2D eigenvalue weighted by atomic mass is 79.9. The van der Waals surface area contributed by atoms with Gasteiger partial charge in [0.05, 0.1) is 18.2 Å². The molecule has 1 atom stereocenters. The standard InChI is InChI=1S/C15H17BrN4O5/c1-4-24-15(22)7(2)25-13-9(16)5-8(6-10(13)23-3)11-12(14(17)21)19-20-18-11/h5-7H,4H2,1-3H3,(H2,17,21)(H,18,19,20). The van der Waals surface area contributed by atoms with Gasteiger partial charge in [-0.05, 0) is 41.9 Å². The fraction of sp³-hybridized carbons (Fsp3) is 0.333. The molecule has 0 aliphatic carbocycles. The van der Waals surface area contributed by atoms with Crippen molar-refractivity contribution in [3.8, 4) is 22.8 Å². The Morgan fingerprint density at radius 1 is 1.36 bits per heavy atom. The molecule has 1 unspecified atom stereocenters. The minimum absolute atomic E-state index is 0.00233. The first kappa shape index (κ1) is 18.7. The van der Waals surface area contributed by atoms with Crippen molar-refractivity contribution in [1.29, 1.82) is 0 Å². The molecule has 9 nitrogen and oxygen atoms in total. The van der Waals surface area contributed by atoms with Gasteiger partial charge < -0.3 is 19.9 Å². The Morgan fingerprint density at radius 2 is 2.08 bits per heavy atom. The summed E-state index contributed by atoms with van der Waals surface area (Å²) in [7, 11) is 1.45. The number of aromatic nitrogens is 3. The lowest BCUT2D eigenvalue weighted by Crippen LogP contribution is -2.26. The van der Waals surface area contributed by atoms with Crippen LogP contribution in [0.3, 0.4) is 0 Å². The number of carbonyl (C=O) groups excluding carboxylic acids is 2. The Bertz CT molecular complexity index is 792. The molecule has 2 rings (SSSR count). The second-order valence-electron chi connectivity index (χ2n) is 4.89. The second kappa shape index (κ2) is 7.97. The van der Waals surface area contributed by atoms with E-state index >= 15 is 0 Å². The van der Waals surface area contributed by atoms with Crippen molar-refractivity contribution in [2.45, 2.75) is 20.0 Å². The minimum atomic E-state index is -0.829. The maximum atomic E-state index is 11.8. The molecule has 25 heavy (non-hydrogen) atoms. The van der Waals surface area contributed by atoms with Gasteiger partial charge in [0.1, 0.15) is 5.69 Å². The first-order valence-electron chi connectivity index (χ1n) is 7.30. The number of nitrogens with one attached hydrogen (secondary N) is 1. The number of nitrogens with zero attached hydrogens (tertiary/aromatic N) is 2. The number of methoxy groups -OCH3 is 1. The van der Waals surface area contributed by atoms with Gasteiger partial charge in [0.15, 0.2) is 23.3 Å². The van der Waals surface area contributed by atoms with Gasteiger partial charge in [0, 0.05) is 5.56 Å². The highest BCUT2D eigenvalue weighted by Crippen LogP contribution is 2.40. The van der Waals surface area contributed by atoms with Crippen LogP contribution < -0.4 is 15.2 Å². The normalized spacial score (nSPS) is 11.7. The van der Waals surface area contributed by atoms with Crippen molar-refractivity contribution in [2.75, 3.05) is 13.7 Å². The molecule has 1 amide bonds. The van der Waals surface area contributed by atoms with Crippen molar-refractivity contribution in [3.05, 3.63) is 22.3 Å². The lowest BCUT2D eigenvalue weighted by Gasteiger charge is -2.17. The van der Waals surface area contributed by atoms with Crippen molar-refractivity contribution in [1.82, 2.24) is 15.4 Å². The zero-order valence-electron chi connectivity index (χ0n) is 13.8. The highest BCUT2D eigenvalue weighted by molar-refractivity contribution is 9.10. The number of ether oxygens (including phenoxy) is 3. The molecular formula is C15H17BrN4O5. The largest absolute Gasteiger partial charge is 0.493 e. The smallest absolute Gasteiger partial charge is 0.347 e. The molecular weight excluding hydrogens is 396 g/mol. The first-order chi connectivity index (χ1) is 11.9. The van der Waals surface area contributed by atoms with Crippen molar-refractivity contribution >= 4 is 27.8 Å². The van der Waals surface area contributed by atoms with E-state index in [0.717, 1.165) is 0 Å². The van der Waals surface area contributed by atoms with E-state index < -0.39 is 18.0 Å². The summed E-state index contributed by atoms with van der Waals surface area (Å²) >= 11 is 3.37. The van der Waals surface area contributed by atoms with Crippen molar-refractivity contribution in [2.24, 2.45) is 5.73 Å². The van der Waals surface area contributed by atoms with Crippen LogP contribution in [0.25, 0.3) is 11.3 Å². The number of nitrogens with two attached hydrogens (primary N) is 1. The molecule has 2 aromatic rings. The number of esters is 1. The third-order valence-corrected chi connectivity index (χ3v) is 3.79. The molecule has 0 bridgehead atoms. The molecule has 0 spiro atoms. The number of benzene rings is 1. The molecule has 3 N–H and O–H groups in total. The molecule has 1 aromatic heterocycles. The number of amides is 1. The van der Waals surface area contributed by atoms with Gasteiger partial charge in [-0.15, -0.1) is 0 Å². The third-order valence-electron chi connectivity index (χ3n) is 3.20. The van der Waals surface area contributed by atoms with Crippen LogP contribution in [0.1, 0.15) is 24.3 Å². The second-order valence-corrected chi connectivity index (χ2v) is 5.74. The number of carbonyl (C=O) groups is 2. The van der Waals surface area contributed by atoms with E-state index in [1.54, 1.807) is 26.0 Å². The van der Waals surface area contributed by atoms with Gasteiger partial charge in [-0.25, -0.2) is 4.79 Å². The summed E-state index contributed by atoms with van der Waals surface area (Å²) in [6.07, 6.45) is -0.829. The molecule has 0 aliphatic rings. The zero-order valence-corrected chi connectivity index (χ0v) is 15.4. The summed E-state index contributed by atoms with van der Waals surface area (Å²) in [6.45, 7) is 3.54. The van der Waals surface area contributed by atoms with Gasteiger partial charge in [0.25, 0.3) is 5.91 Å². The minimum Gasteiger partial charge on any atom is -0.493 e. The summed E-state index contributed by atoms with van der Waals surface area (Å²) < 4.78 is 16.4. The maximum absolute atomic E-state index is 11.8. The quantitative estimate of drug-likeness (QED) is 0.661.